The second-order valence-corrected chi connectivity index (χ2v) is 34.9. The number of hydrogen-bond donors (Lipinski definition) is 7. The number of nitrogens with zero attached hydrogens (tertiary/aromatic N) is 7. The van der Waals surface area contributed by atoms with Crippen LogP contribution in [0.3, 0.4) is 0 Å². The first-order valence-corrected chi connectivity index (χ1v) is 43.0. The van der Waals surface area contributed by atoms with Gasteiger partial charge in [0.15, 0.2) is 0 Å². The van der Waals surface area contributed by atoms with Crippen molar-refractivity contribution >= 4 is 69.9 Å². The number of methoxy groups -OCH3 is 4. The number of amides is 8. The van der Waals surface area contributed by atoms with Gasteiger partial charge >= 0.3 is 0 Å². The fourth-order valence-electron chi connectivity index (χ4n) is 16.7. The molecule has 0 aliphatic carbocycles. The molecule has 115 heavy (non-hydrogen) atoms. The molecule has 4 heterocycles. The highest BCUT2D eigenvalue weighted by atomic mass is 32.1. The van der Waals surface area contributed by atoms with E-state index >= 15 is 0 Å². The van der Waals surface area contributed by atoms with Crippen LogP contribution in [0.4, 0.5) is 0 Å². The molecule has 6 rings (SSSR count). The van der Waals surface area contributed by atoms with E-state index in [4.69, 9.17) is 45.4 Å². The summed E-state index contributed by atoms with van der Waals surface area (Å²) in [6.07, 6.45) is 5.56. The molecular formula is C85H138N14O14S2. The summed E-state index contributed by atoms with van der Waals surface area (Å²) in [6.45, 7) is 29.2. The van der Waals surface area contributed by atoms with E-state index < -0.39 is 96.7 Å². The molecule has 4 aromatic rings. The quantitative estimate of drug-likeness (QED) is 0.0161. The van der Waals surface area contributed by atoms with Gasteiger partial charge < -0.3 is 74.8 Å². The van der Waals surface area contributed by atoms with Crippen LogP contribution in [0.5, 0.6) is 0 Å². The van der Waals surface area contributed by atoms with Crippen LogP contribution in [-0.2, 0) is 79.8 Å². The predicted octanol–water partition coefficient (Wildman–Crippen LogP) is 8.54. The second-order valence-electron chi connectivity index (χ2n) is 32.9. The fourth-order valence-corrected chi connectivity index (χ4v) is 18.4. The molecule has 2 aliphatic heterocycles. The molecule has 2 aromatic carbocycles. The lowest BCUT2D eigenvalue weighted by atomic mass is 9.89. The van der Waals surface area contributed by atoms with Gasteiger partial charge in [-0.25, -0.2) is 21.8 Å². The summed E-state index contributed by atoms with van der Waals surface area (Å²) in [5.74, 6) is 6.22. The van der Waals surface area contributed by atoms with Gasteiger partial charge in [0.05, 0.1) is 116 Å². The minimum Gasteiger partial charge on any atom is -0.379 e. The molecule has 0 saturated carbocycles. The zero-order valence-electron chi connectivity index (χ0n) is 72.3. The number of hydrogen-bond acceptors (Lipinski definition) is 22. The average molecular weight is 1640 g/mol. The Kier molecular flexibility index (Phi) is 40.1. The maximum atomic E-state index is 14.9. The normalized spacial score (nSPS) is 18.9. The van der Waals surface area contributed by atoms with Crippen LogP contribution in [0.15, 0.2) is 72.4 Å². The number of benzene rings is 2. The predicted molar refractivity (Wildman–Crippen MR) is 449 cm³/mol. The highest BCUT2D eigenvalue weighted by molar-refractivity contribution is 7.15. The lowest BCUT2D eigenvalue weighted by Crippen LogP contribution is -2.60. The van der Waals surface area contributed by atoms with E-state index in [9.17, 15) is 38.4 Å². The highest BCUT2D eigenvalue weighted by Gasteiger charge is 2.47. The molecule has 30 heteroatoms. The third kappa shape index (κ3) is 26.3. The van der Waals surface area contributed by atoms with Crippen molar-refractivity contribution in [1.29, 1.82) is 0 Å². The van der Waals surface area contributed by atoms with E-state index in [-0.39, 0.29) is 109 Å². The van der Waals surface area contributed by atoms with Crippen LogP contribution in [0.2, 0.25) is 0 Å². The molecule has 8 amide bonds. The van der Waals surface area contributed by atoms with E-state index in [1.807, 2.05) is 185 Å². The molecule has 0 radical (unpaired) electrons. The van der Waals surface area contributed by atoms with Crippen molar-refractivity contribution < 1.29 is 67.0 Å². The van der Waals surface area contributed by atoms with Gasteiger partial charge in [0, 0.05) is 86.5 Å². The Bertz CT molecular complexity index is 3630. The highest BCUT2D eigenvalue weighted by Crippen LogP contribution is 2.36. The molecule has 2 aliphatic rings. The van der Waals surface area contributed by atoms with Gasteiger partial charge in [-0.2, -0.15) is 0 Å². The van der Waals surface area contributed by atoms with Crippen LogP contribution in [0, 0.1) is 47.3 Å². The standard InChI is InChI=1S/C85H138N14O14S2/c1-22-54(11)74(96(16)84(106)71(51(5)6)93-80(104)70(50(3)4)88-37-42-112-86)65(108-18)47-68(100)98-39-27-31-63(98)76(110-20)56(13)78(102)91-61(82-89-38-44-114-82)46-59-33-35-60(36-34-59)67-49-90-83(115-67)62(45-58-29-25-24-26-30-58)92-79(103)57(14)77(111-21)64-32-28-40-99(64)69(101)48-66(109-19)75(55(12)23-2)97(17)85(107)72(52(7)8)94-81(105)73(53(9)10)95(15)41-43-113-87/h24-26,29-30,33-36,38,44,49-57,61-66,70-77,88H,22-23,27-28,31-32,37,39-43,45-48,86-87H2,1-21H3,(H,91,102)(H,92,103)(H,93,104)(H,94,105). The number of thiazole rings is 2. The maximum absolute atomic E-state index is 14.9. The number of ether oxygens (including phenoxy) is 4. The Morgan fingerprint density at radius 2 is 1.01 bits per heavy atom. The summed E-state index contributed by atoms with van der Waals surface area (Å²) < 4.78 is 24.8. The number of rotatable bonds is 49. The lowest BCUT2D eigenvalue weighted by Gasteiger charge is -2.41. The summed E-state index contributed by atoms with van der Waals surface area (Å²) >= 11 is 2.93. The monoisotopic (exact) mass is 1640 g/mol. The topological polar surface area (TPSA) is 346 Å². The SMILES string of the molecule is CCC(C)C(C(CC(=O)N1CCCC1C(OC)C(C)C(=O)NC(Cc1ccc(-c2cnc(C(Cc3ccccc3)NC(=O)C(C)C(OC)C3CCCN3C(=O)CC(OC)C(C(C)CC)N(C)C(=O)C(NC(=O)C(C(C)C)N(C)CCON)C(C)C)s2)cc1)c1nccs1)OC)N(C)C(=O)C(NC(=O)C(NCCON)C(C)C)C(C)C. The smallest absolute Gasteiger partial charge is 0.245 e. The Hall–Kier alpha value is -6.94. The van der Waals surface area contributed by atoms with Crippen LogP contribution < -0.4 is 38.4 Å². The van der Waals surface area contributed by atoms with Crippen molar-refractivity contribution in [1.82, 2.24) is 61.1 Å². The van der Waals surface area contributed by atoms with Crippen LogP contribution in [0.25, 0.3) is 10.4 Å². The van der Waals surface area contributed by atoms with Gasteiger partial charge in [0.25, 0.3) is 0 Å². The molecule has 28 nitrogen and oxygen atoms in total. The summed E-state index contributed by atoms with van der Waals surface area (Å²) in [6, 6.07) is 12.2. The molecule has 0 bridgehead atoms. The largest absolute Gasteiger partial charge is 0.379 e. The number of carbonyl (C=O) groups is 8. The molecule has 2 fully saturated rings. The molecule has 18 unspecified atom stereocenters. The van der Waals surface area contributed by atoms with Crippen molar-refractivity contribution in [3.8, 4) is 10.4 Å². The van der Waals surface area contributed by atoms with Crippen molar-refractivity contribution in [2.75, 3.05) is 89.0 Å². The molecule has 0 spiro atoms. The molecule has 18 atom stereocenters. The first-order valence-electron chi connectivity index (χ1n) is 41.3. The number of likely N-dealkylation sites (tertiary alicyclic amines) is 2. The van der Waals surface area contributed by atoms with Gasteiger partial charge in [0.2, 0.25) is 47.3 Å². The third-order valence-electron chi connectivity index (χ3n) is 23.6. The Morgan fingerprint density at radius 1 is 0.548 bits per heavy atom. The second kappa shape index (κ2) is 47.6. The van der Waals surface area contributed by atoms with E-state index in [0.29, 0.717) is 82.6 Å². The molecule has 9 N–H and O–H groups in total. The van der Waals surface area contributed by atoms with E-state index in [2.05, 4.69) is 31.6 Å². The third-order valence-corrected chi connectivity index (χ3v) is 25.7. The van der Waals surface area contributed by atoms with E-state index in [1.165, 1.54) is 22.7 Å². The summed E-state index contributed by atoms with van der Waals surface area (Å²) in [5.41, 5.74) is 2.86. The van der Waals surface area contributed by atoms with Gasteiger partial charge in [-0.1, -0.05) is 164 Å². The molecule has 644 valence electrons. The molecule has 2 aromatic heterocycles. The van der Waals surface area contributed by atoms with Gasteiger partial charge in [0.1, 0.15) is 22.1 Å². The van der Waals surface area contributed by atoms with Crippen LogP contribution in [0.1, 0.15) is 182 Å². The Labute approximate surface area is 692 Å². The minimum absolute atomic E-state index is 0.0354. The summed E-state index contributed by atoms with van der Waals surface area (Å²) in [7, 11) is 11.5. The van der Waals surface area contributed by atoms with Crippen molar-refractivity contribution in [2.45, 2.75) is 246 Å². The fraction of sp³-hybridized carbons (Fsp3) is 0.694. The number of aromatic nitrogens is 2. The van der Waals surface area contributed by atoms with Crippen molar-refractivity contribution in [3.05, 3.63) is 93.5 Å². The average Bonchev–Trinajstić information content (AvgIpc) is 1.46. The molecule has 2 saturated heterocycles. The molecular weight excluding hydrogens is 1510 g/mol. The van der Waals surface area contributed by atoms with E-state index in [1.54, 1.807) is 58.5 Å². The first-order chi connectivity index (χ1) is 54.8. The summed E-state index contributed by atoms with van der Waals surface area (Å²) in [5, 5.41) is 19.3. The first kappa shape index (κ1) is 96.9. The lowest BCUT2D eigenvalue weighted by molar-refractivity contribution is -0.148. The Balaban J connectivity index is 1.13. The van der Waals surface area contributed by atoms with Crippen molar-refractivity contribution in [2.24, 2.45) is 59.1 Å². The maximum Gasteiger partial charge on any atom is 0.245 e. The number of carbonyl (C=O) groups excluding carboxylic acids is 8. The van der Waals surface area contributed by atoms with Crippen LogP contribution in [-0.4, -0.2) is 243 Å². The van der Waals surface area contributed by atoms with Gasteiger partial charge in [-0.15, -0.1) is 22.7 Å². The van der Waals surface area contributed by atoms with Gasteiger partial charge in [-0.3, -0.25) is 43.3 Å². The number of nitrogens with one attached hydrogen (secondary N) is 5. The van der Waals surface area contributed by atoms with E-state index in [0.717, 1.165) is 26.6 Å². The number of nitrogens with two attached hydrogens (primary N) is 2. The Morgan fingerprint density at radius 3 is 1.43 bits per heavy atom. The van der Waals surface area contributed by atoms with Crippen molar-refractivity contribution in [3.63, 3.8) is 0 Å². The minimum atomic E-state index is -0.864. The number of likely N-dealkylation sites (N-methyl/N-ethyl adjacent to an activating group) is 3. The zero-order valence-corrected chi connectivity index (χ0v) is 73.9. The summed E-state index contributed by atoms with van der Waals surface area (Å²) in [4.78, 5) is 145. The zero-order chi connectivity index (χ0) is 85.1. The van der Waals surface area contributed by atoms with Crippen LogP contribution >= 0.6 is 22.7 Å². The van der Waals surface area contributed by atoms with Gasteiger partial charge in [-0.05, 0) is 97.8 Å².